The molecule has 1 saturated heterocycles. The molecule has 3 aromatic rings. The minimum Gasteiger partial charge on any atom is -0.312 e. The highest BCUT2D eigenvalue weighted by molar-refractivity contribution is 7.98. The Morgan fingerprint density at radius 1 is 1.16 bits per heavy atom. The molecule has 0 radical (unpaired) electrons. The van der Waals surface area contributed by atoms with Crippen LogP contribution in [0.15, 0.2) is 48.5 Å². The molecule has 1 atom stereocenters. The molecule has 0 aliphatic carbocycles. The highest BCUT2D eigenvalue weighted by atomic mass is 32.2. The van der Waals surface area contributed by atoms with Gasteiger partial charge in [0.2, 0.25) is 11.8 Å². The zero-order chi connectivity index (χ0) is 21.5. The molecule has 0 bridgehead atoms. The number of amides is 2. The molecule has 2 aliphatic rings. The summed E-state index contributed by atoms with van der Waals surface area (Å²) in [6.07, 6.45) is 0.124. The Hall–Kier alpha value is -3.13. The number of hydrogen-bond donors (Lipinski definition) is 1. The van der Waals surface area contributed by atoms with E-state index in [-0.39, 0.29) is 30.6 Å². The summed E-state index contributed by atoms with van der Waals surface area (Å²) in [5, 5.41) is 7.80. The maximum Gasteiger partial charge on any atom is 0.230 e. The van der Waals surface area contributed by atoms with E-state index in [0.29, 0.717) is 11.5 Å². The average Bonchev–Trinajstić information content (AvgIpc) is 3.44. The number of anilines is 2. The summed E-state index contributed by atoms with van der Waals surface area (Å²) in [6.45, 7) is 2.29. The van der Waals surface area contributed by atoms with Crippen molar-refractivity contribution in [3.8, 4) is 5.69 Å². The number of aromatic nitrogens is 2. The minimum absolute atomic E-state index is 0.124. The number of rotatable bonds is 4. The van der Waals surface area contributed by atoms with E-state index in [1.54, 1.807) is 33.5 Å². The van der Waals surface area contributed by atoms with Gasteiger partial charge in [0.05, 0.1) is 17.3 Å². The summed E-state index contributed by atoms with van der Waals surface area (Å²) in [4.78, 5) is 27.2. The summed E-state index contributed by atoms with van der Waals surface area (Å²) in [5.74, 6) is 1.11. The van der Waals surface area contributed by atoms with Gasteiger partial charge in [0.1, 0.15) is 11.6 Å². The van der Waals surface area contributed by atoms with E-state index >= 15 is 0 Å². The molecule has 1 unspecified atom stereocenters. The quantitative estimate of drug-likeness (QED) is 0.670. The van der Waals surface area contributed by atoms with E-state index in [9.17, 15) is 14.0 Å². The van der Waals surface area contributed by atoms with Crippen LogP contribution in [0.2, 0.25) is 0 Å². The minimum atomic E-state index is -0.483. The van der Waals surface area contributed by atoms with Crippen molar-refractivity contribution in [1.29, 1.82) is 0 Å². The summed E-state index contributed by atoms with van der Waals surface area (Å²) in [6, 6.07) is 13.7. The third-order valence-corrected chi connectivity index (χ3v) is 6.64. The van der Waals surface area contributed by atoms with Crippen molar-refractivity contribution in [3.05, 3.63) is 71.2 Å². The first-order valence-electron chi connectivity index (χ1n) is 10.1. The first kappa shape index (κ1) is 19.8. The summed E-state index contributed by atoms with van der Waals surface area (Å²) in [5.41, 5.74) is 4.63. The molecule has 2 aromatic carbocycles. The topological polar surface area (TPSA) is 67.2 Å². The van der Waals surface area contributed by atoms with Gasteiger partial charge < -0.3 is 10.2 Å². The van der Waals surface area contributed by atoms with Gasteiger partial charge in [-0.25, -0.2) is 9.07 Å². The monoisotopic (exact) mass is 436 g/mol. The highest BCUT2D eigenvalue weighted by Crippen LogP contribution is 2.37. The normalized spacial score (nSPS) is 17.8. The Bertz CT molecular complexity index is 1170. The van der Waals surface area contributed by atoms with Crippen LogP contribution >= 0.6 is 11.8 Å². The first-order chi connectivity index (χ1) is 15.0. The zero-order valence-electron chi connectivity index (χ0n) is 17.0. The van der Waals surface area contributed by atoms with Gasteiger partial charge in [-0.05, 0) is 48.9 Å². The van der Waals surface area contributed by atoms with Crippen molar-refractivity contribution >= 4 is 35.1 Å². The number of aryl methyl sites for hydroxylation is 1. The maximum atomic E-state index is 13.2. The fraction of sp³-hybridized carbons (Fsp3) is 0.261. The molecule has 8 heteroatoms. The molecule has 1 fully saturated rings. The van der Waals surface area contributed by atoms with E-state index in [4.69, 9.17) is 5.10 Å². The van der Waals surface area contributed by atoms with Crippen LogP contribution in [0.1, 0.15) is 23.2 Å². The van der Waals surface area contributed by atoms with Crippen LogP contribution in [-0.2, 0) is 21.1 Å². The summed E-state index contributed by atoms with van der Waals surface area (Å²) >= 11 is 1.77. The molecular formula is C23H21FN4O2S. The van der Waals surface area contributed by atoms with E-state index < -0.39 is 5.92 Å². The van der Waals surface area contributed by atoms with Gasteiger partial charge in [-0.2, -0.15) is 16.9 Å². The second kappa shape index (κ2) is 7.85. The van der Waals surface area contributed by atoms with Crippen LogP contribution in [0.3, 0.4) is 0 Å². The summed E-state index contributed by atoms with van der Waals surface area (Å²) < 4.78 is 15.0. The van der Waals surface area contributed by atoms with Gasteiger partial charge in [0.15, 0.2) is 0 Å². The fourth-order valence-electron chi connectivity index (χ4n) is 4.06. The molecular weight excluding hydrogens is 415 g/mol. The van der Waals surface area contributed by atoms with Crippen molar-refractivity contribution in [2.24, 2.45) is 5.92 Å². The number of hydrogen-bond acceptors (Lipinski definition) is 4. The Labute approximate surface area is 183 Å². The second-order valence-corrected chi connectivity index (χ2v) is 8.87. The standard InChI is InChI=1S/C23H21FN4O2S/c1-14-3-2-4-18(9-14)28-22(19-12-31-13-20(19)26-28)25-23(30)15-10-21(29)27(11-15)17-7-5-16(24)6-8-17/h2-9,15H,10-13H2,1H3,(H,25,30). The number of fused-ring (bicyclic) bond motifs is 1. The summed E-state index contributed by atoms with van der Waals surface area (Å²) in [7, 11) is 0. The van der Waals surface area contributed by atoms with Crippen LogP contribution in [-0.4, -0.2) is 28.1 Å². The van der Waals surface area contributed by atoms with Crippen molar-refractivity contribution in [2.45, 2.75) is 24.9 Å². The van der Waals surface area contributed by atoms with Gasteiger partial charge >= 0.3 is 0 Å². The van der Waals surface area contributed by atoms with Crippen LogP contribution in [0.25, 0.3) is 5.69 Å². The van der Waals surface area contributed by atoms with Gasteiger partial charge in [-0.1, -0.05) is 12.1 Å². The molecule has 0 spiro atoms. The molecule has 1 aromatic heterocycles. The molecule has 158 valence electrons. The zero-order valence-corrected chi connectivity index (χ0v) is 17.8. The van der Waals surface area contributed by atoms with Crippen molar-refractivity contribution in [3.63, 3.8) is 0 Å². The van der Waals surface area contributed by atoms with Crippen LogP contribution < -0.4 is 10.2 Å². The highest BCUT2D eigenvalue weighted by Gasteiger charge is 2.36. The third kappa shape index (κ3) is 3.72. The Morgan fingerprint density at radius 2 is 1.97 bits per heavy atom. The van der Waals surface area contributed by atoms with E-state index in [1.165, 1.54) is 12.1 Å². The molecule has 31 heavy (non-hydrogen) atoms. The van der Waals surface area contributed by atoms with Gasteiger partial charge in [-0.3, -0.25) is 9.59 Å². The number of carbonyl (C=O) groups excluding carboxylic acids is 2. The fourth-order valence-corrected chi connectivity index (χ4v) is 5.10. The van der Waals surface area contributed by atoms with E-state index in [2.05, 4.69) is 5.32 Å². The average molecular weight is 437 g/mol. The van der Waals surface area contributed by atoms with Crippen molar-refractivity contribution in [1.82, 2.24) is 9.78 Å². The number of thioether (sulfide) groups is 1. The third-order valence-electron chi connectivity index (χ3n) is 5.67. The molecule has 2 amide bonds. The number of carbonyl (C=O) groups is 2. The molecule has 3 heterocycles. The smallest absolute Gasteiger partial charge is 0.230 e. The molecule has 5 rings (SSSR count). The first-order valence-corrected chi connectivity index (χ1v) is 11.3. The lowest BCUT2D eigenvalue weighted by atomic mass is 10.1. The molecule has 6 nitrogen and oxygen atoms in total. The maximum absolute atomic E-state index is 13.2. The molecule has 1 N–H and O–H groups in total. The SMILES string of the molecule is Cc1cccc(-n2nc3c(c2NC(=O)C2CC(=O)N(c4ccc(F)cc4)C2)CSC3)c1. The lowest BCUT2D eigenvalue weighted by molar-refractivity contribution is -0.122. The second-order valence-electron chi connectivity index (χ2n) is 7.89. The predicted octanol–water partition coefficient (Wildman–Crippen LogP) is 4.06. The van der Waals surface area contributed by atoms with Crippen LogP contribution in [0.4, 0.5) is 15.9 Å². The van der Waals surface area contributed by atoms with Gasteiger partial charge in [0, 0.05) is 35.7 Å². The number of halogens is 1. The van der Waals surface area contributed by atoms with E-state index in [1.807, 2.05) is 31.2 Å². The van der Waals surface area contributed by atoms with Gasteiger partial charge in [0.25, 0.3) is 0 Å². The lowest BCUT2D eigenvalue weighted by Crippen LogP contribution is -2.28. The Balaban J connectivity index is 1.40. The molecule has 2 aliphatic heterocycles. The number of benzene rings is 2. The largest absolute Gasteiger partial charge is 0.312 e. The molecule has 0 saturated carbocycles. The van der Waals surface area contributed by atoms with Crippen LogP contribution in [0.5, 0.6) is 0 Å². The van der Waals surface area contributed by atoms with Crippen molar-refractivity contribution in [2.75, 3.05) is 16.8 Å². The van der Waals surface area contributed by atoms with Crippen LogP contribution in [0, 0.1) is 18.7 Å². The number of nitrogens with one attached hydrogen (secondary N) is 1. The number of nitrogens with zero attached hydrogens (tertiary/aromatic N) is 3. The lowest BCUT2D eigenvalue weighted by Gasteiger charge is -2.17. The van der Waals surface area contributed by atoms with E-state index in [0.717, 1.165) is 34.0 Å². The van der Waals surface area contributed by atoms with Crippen molar-refractivity contribution < 1.29 is 14.0 Å². The predicted molar refractivity (Wildman–Crippen MR) is 119 cm³/mol. The Kier molecular flexibility index (Phi) is 5.02. The Morgan fingerprint density at radius 3 is 2.74 bits per heavy atom. The van der Waals surface area contributed by atoms with Gasteiger partial charge in [-0.15, -0.1) is 0 Å².